The smallest absolute Gasteiger partial charge is 0.291 e. The Balaban J connectivity index is 1.66. The predicted molar refractivity (Wildman–Crippen MR) is 103 cm³/mol. The number of hydrogen-bond donors (Lipinski definition) is 1. The molecule has 2 aromatic carbocycles. The van der Waals surface area contributed by atoms with Gasteiger partial charge in [-0.3, -0.25) is 14.9 Å². The number of halogens is 1. The number of carbonyl (C=O) groups excluding carboxylic acids is 1. The van der Waals surface area contributed by atoms with Crippen LogP contribution in [-0.4, -0.2) is 10.8 Å². The number of nitrogens with zero attached hydrogens (tertiary/aromatic N) is 2. The molecule has 0 saturated heterocycles. The Morgan fingerprint density at radius 1 is 1.21 bits per heavy atom. The van der Waals surface area contributed by atoms with Crippen molar-refractivity contribution in [3.8, 4) is 11.8 Å². The van der Waals surface area contributed by atoms with Gasteiger partial charge in [-0.2, -0.15) is 5.26 Å². The molecule has 28 heavy (non-hydrogen) atoms. The Hall–Kier alpha value is -3.64. The van der Waals surface area contributed by atoms with Gasteiger partial charge in [0.15, 0.2) is 5.76 Å². The van der Waals surface area contributed by atoms with Crippen molar-refractivity contribution in [3.05, 3.63) is 86.3 Å². The summed E-state index contributed by atoms with van der Waals surface area (Å²) in [6.45, 7) is 0.135. The van der Waals surface area contributed by atoms with Gasteiger partial charge >= 0.3 is 0 Å². The fourth-order valence-electron chi connectivity index (χ4n) is 2.29. The summed E-state index contributed by atoms with van der Waals surface area (Å²) < 4.78 is 12.0. The summed E-state index contributed by atoms with van der Waals surface area (Å²) in [5.74, 6) is 0.532. The van der Waals surface area contributed by atoms with Crippen LogP contribution in [0.5, 0.6) is 5.75 Å². The SMILES string of the molecule is N#Cc1cc([N+](=O)[O-])ccc1NC(=O)c1ccc(COc2ccc(Br)cc2)o1. The number of nitriles is 1. The third kappa shape index (κ3) is 4.55. The number of nitro benzene ring substituents is 1. The molecule has 0 saturated carbocycles. The van der Waals surface area contributed by atoms with E-state index >= 15 is 0 Å². The van der Waals surface area contributed by atoms with Crippen molar-refractivity contribution in [1.82, 2.24) is 0 Å². The zero-order valence-corrected chi connectivity index (χ0v) is 15.8. The van der Waals surface area contributed by atoms with Crippen molar-refractivity contribution in [1.29, 1.82) is 5.26 Å². The van der Waals surface area contributed by atoms with Gasteiger partial charge in [0.05, 0.1) is 16.2 Å². The predicted octanol–water partition coefficient (Wildman–Crippen LogP) is 4.65. The van der Waals surface area contributed by atoms with Crippen LogP contribution in [0.3, 0.4) is 0 Å². The molecule has 0 aliphatic carbocycles. The Kier molecular flexibility index (Phi) is 5.72. The first kappa shape index (κ1) is 19.1. The Morgan fingerprint density at radius 3 is 2.64 bits per heavy atom. The van der Waals surface area contributed by atoms with E-state index in [2.05, 4.69) is 21.2 Å². The van der Waals surface area contributed by atoms with E-state index in [1.54, 1.807) is 18.2 Å². The van der Waals surface area contributed by atoms with Gasteiger partial charge in [0.2, 0.25) is 0 Å². The van der Waals surface area contributed by atoms with E-state index in [9.17, 15) is 14.9 Å². The molecule has 0 aliphatic heterocycles. The van der Waals surface area contributed by atoms with Crippen LogP contribution < -0.4 is 10.1 Å². The van der Waals surface area contributed by atoms with Crippen LogP contribution in [0.1, 0.15) is 21.9 Å². The summed E-state index contributed by atoms with van der Waals surface area (Å²) in [5.41, 5.74) is -0.102. The molecule has 3 aromatic rings. The molecular weight excluding hydrogens is 430 g/mol. The van der Waals surface area contributed by atoms with E-state index in [0.29, 0.717) is 11.5 Å². The van der Waals surface area contributed by atoms with Crippen molar-refractivity contribution in [2.45, 2.75) is 6.61 Å². The monoisotopic (exact) mass is 441 g/mol. The quantitative estimate of drug-likeness (QED) is 0.439. The van der Waals surface area contributed by atoms with Crippen molar-refractivity contribution < 1.29 is 18.9 Å². The number of benzene rings is 2. The largest absolute Gasteiger partial charge is 0.486 e. The fourth-order valence-corrected chi connectivity index (χ4v) is 2.56. The lowest BCUT2D eigenvalue weighted by Crippen LogP contribution is -2.12. The summed E-state index contributed by atoms with van der Waals surface area (Å²) in [5, 5.41) is 22.4. The molecule has 1 aromatic heterocycles. The number of ether oxygens (including phenoxy) is 1. The third-order valence-electron chi connectivity index (χ3n) is 3.66. The van der Waals surface area contributed by atoms with Crippen molar-refractivity contribution in [2.24, 2.45) is 0 Å². The molecule has 0 atom stereocenters. The number of furan rings is 1. The normalized spacial score (nSPS) is 10.1. The molecule has 1 heterocycles. The number of carbonyl (C=O) groups is 1. The topological polar surface area (TPSA) is 118 Å². The van der Waals surface area contributed by atoms with E-state index < -0.39 is 10.8 Å². The highest BCUT2D eigenvalue weighted by atomic mass is 79.9. The first-order valence-corrected chi connectivity index (χ1v) is 8.72. The zero-order valence-electron chi connectivity index (χ0n) is 14.2. The number of anilines is 1. The lowest BCUT2D eigenvalue weighted by Gasteiger charge is -2.06. The van der Waals surface area contributed by atoms with Crippen LogP contribution in [0.25, 0.3) is 0 Å². The lowest BCUT2D eigenvalue weighted by atomic mass is 10.1. The number of amides is 1. The second kappa shape index (κ2) is 8.37. The molecule has 9 heteroatoms. The molecule has 140 valence electrons. The van der Waals surface area contributed by atoms with Crippen LogP contribution >= 0.6 is 15.9 Å². The number of nitro groups is 1. The van der Waals surface area contributed by atoms with E-state index in [4.69, 9.17) is 14.4 Å². The molecule has 1 amide bonds. The second-order valence-electron chi connectivity index (χ2n) is 5.56. The molecule has 0 spiro atoms. The highest BCUT2D eigenvalue weighted by molar-refractivity contribution is 9.10. The van der Waals surface area contributed by atoms with E-state index in [1.165, 1.54) is 18.2 Å². The fraction of sp³-hybridized carbons (Fsp3) is 0.0526. The maximum absolute atomic E-state index is 12.3. The number of rotatable bonds is 6. The first-order chi connectivity index (χ1) is 13.5. The minimum Gasteiger partial charge on any atom is -0.486 e. The van der Waals surface area contributed by atoms with Crippen LogP contribution in [0.15, 0.2) is 63.5 Å². The van der Waals surface area contributed by atoms with Crippen LogP contribution in [-0.2, 0) is 6.61 Å². The van der Waals surface area contributed by atoms with Gasteiger partial charge in [-0.25, -0.2) is 0 Å². The summed E-state index contributed by atoms with van der Waals surface area (Å²) in [6, 6.07) is 15.8. The summed E-state index contributed by atoms with van der Waals surface area (Å²) in [4.78, 5) is 22.5. The van der Waals surface area contributed by atoms with Gasteiger partial charge < -0.3 is 14.5 Å². The highest BCUT2D eigenvalue weighted by Crippen LogP contribution is 2.23. The first-order valence-electron chi connectivity index (χ1n) is 7.93. The average molecular weight is 442 g/mol. The molecule has 3 rings (SSSR count). The lowest BCUT2D eigenvalue weighted by molar-refractivity contribution is -0.384. The maximum Gasteiger partial charge on any atom is 0.291 e. The molecule has 0 fully saturated rings. The second-order valence-corrected chi connectivity index (χ2v) is 6.48. The van der Waals surface area contributed by atoms with Crippen molar-refractivity contribution in [3.63, 3.8) is 0 Å². The van der Waals surface area contributed by atoms with Gasteiger partial charge in [-0.1, -0.05) is 15.9 Å². The van der Waals surface area contributed by atoms with Crippen LogP contribution in [0, 0.1) is 21.4 Å². The molecule has 0 aliphatic rings. The van der Waals surface area contributed by atoms with Crippen molar-refractivity contribution in [2.75, 3.05) is 5.32 Å². The Labute approximate surface area is 167 Å². The molecule has 1 N–H and O–H groups in total. The zero-order chi connectivity index (χ0) is 20.1. The molecular formula is C19H12BrN3O5. The highest BCUT2D eigenvalue weighted by Gasteiger charge is 2.16. The van der Waals surface area contributed by atoms with Crippen LogP contribution in [0.2, 0.25) is 0 Å². The van der Waals surface area contributed by atoms with E-state index in [0.717, 1.165) is 10.5 Å². The van der Waals surface area contributed by atoms with Gasteiger partial charge in [-0.15, -0.1) is 0 Å². The number of nitrogens with one attached hydrogen (secondary N) is 1. The van der Waals surface area contributed by atoms with E-state index in [-0.39, 0.29) is 29.3 Å². The van der Waals surface area contributed by atoms with Gasteiger partial charge in [0.25, 0.3) is 11.6 Å². The molecule has 8 nitrogen and oxygen atoms in total. The van der Waals surface area contributed by atoms with Gasteiger partial charge in [0, 0.05) is 16.6 Å². The standard InChI is InChI=1S/C19H12BrN3O5/c20-13-1-4-15(5-2-13)27-11-16-6-8-18(28-16)19(24)22-17-7-3-14(23(25)26)9-12(17)10-21/h1-9H,11H2,(H,22,24). The van der Waals surface area contributed by atoms with Crippen molar-refractivity contribution >= 4 is 33.2 Å². The Bertz CT molecular complexity index is 1070. The molecule has 0 bridgehead atoms. The number of non-ortho nitro benzene ring substituents is 1. The summed E-state index contributed by atoms with van der Waals surface area (Å²) >= 11 is 3.34. The minimum atomic E-state index is -0.614. The van der Waals surface area contributed by atoms with Gasteiger partial charge in [-0.05, 0) is 42.5 Å². The average Bonchev–Trinajstić information content (AvgIpc) is 3.17. The number of hydrogen-bond acceptors (Lipinski definition) is 6. The van der Waals surface area contributed by atoms with Crippen LogP contribution in [0.4, 0.5) is 11.4 Å². The Morgan fingerprint density at radius 2 is 1.96 bits per heavy atom. The van der Waals surface area contributed by atoms with E-state index in [1.807, 2.05) is 18.2 Å². The molecule has 0 radical (unpaired) electrons. The third-order valence-corrected chi connectivity index (χ3v) is 4.19. The molecule has 0 unspecified atom stereocenters. The summed E-state index contributed by atoms with van der Waals surface area (Å²) in [7, 11) is 0. The maximum atomic E-state index is 12.3. The summed E-state index contributed by atoms with van der Waals surface area (Å²) in [6.07, 6.45) is 0. The minimum absolute atomic E-state index is 0.0205. The van der Waals surface area contributed by atoms with Gasteiger partial charge in [0.1, 0.15) is 24.2 Å².